The van der Waals surface area contributed by atoms with Gasteiger partial charge >= 0.3 is 0 Å². The van der Waals surface area contributed by atoms with E-state index in [9.17, 15) is 0 Å². The molecule has 0 N–H and O–H groups in total. The van der Waals surface area contributed by atoms with Crippen LogP contribution in [-0.2, 0) is 0 Å². The van der Waals surface area contributed by atoms with Crippen molar-refractivity contribution >= 4 is 23.1 Å². The van der Waals surface area contributed by atoms with Crippen molar-refractivity contribution in [1.82, 2.24) is 0 Å². The van der Waals surface area contributed by atoms with Gasteiger partial charge in [-0.15, -0.1) is 0 Å². The predicted octanol–water partition coefficient (Wildman–Crippen LogP) is 5.58. The van der Waals surface area contributed by atoms with E-state index in [1.54, 1.807) is 5.56 Å². The van der Waals surface area contributed by atoms with Crippen LogP contribution in [0.2, 0.25) is 0 Å². The molecular weight excluding hydrogens is 262 g/mol. The molecule has 0 saturated heterocycles. The molecule has 0 unspecified atom stereocenters. The van der Waals surface area contributed by atoms with Gasteiger partial charge in [0.15, 0.2) is 0 Å². The van der Waals surface area contributed by atoms with E-state index >= 15 is 0 Å². The smallest absolute Gasteiger partial charge is 0.0550 e. The van der Waals surface area contributed by atoms with E-state index in [4.69, 9.17) is 0 Å². The number of fused-ring (bicyclic) bond motifs is 2. The van der Waals surface area contributed by atoms with Crippen LogP contribution >= 0.6 is 11.8 Å². The van der Waals surface area contributed by atoms with Gasteiger partial charge in [0.05, 0.1) is 11.4 Å². The van der Waals surface area contributed by atoms with Crippen molar-refractivity contribution in [2.24, 2.45) is 0 Å². The van der Waals surface area contributed by atoms with Gasteiger partial charge in [0.25, 0.3) is 0 Å². The Morgan fingerprint density at radius 1 is 0.950 bits per heavy atom. The Morgan fingerprint density at radius 2 is 1.70 bits per heavy atom. The monoisotopic (exact) mass is 281 g/mol. The zero-order valence-corrected chi connectivity index (χ0v) is 12.6. The Morgan fingerprint density at radius 3 is 2.55 bits per heavy atom. The molecule has 1 heterocycles. The molecule has 0 radical (unpaired) electrons. The summed E-state index contributed by atoms with van der Waals surface area (Å²) in [5.41, 5.74) is 4.20. The zero-order chi connectivity index (χ0) is 13.5. The summed E-state index contributed by atoms with van der Waals surface area (Å²) >= 11 is 1.92. The molecule has 0 atom stereocenters. The first kappa shape index (κ1) is 12.3. The van der Waals surface area contributed by atoms with E-state index in [0.717, 1.165) is 5.92 Å². The van der Waals surface area contributed by atoms with E-state index in [2.05, 4.69) is 54.4 Å². The number of rotatable bonds is 1. The normalized spacial score (nSPS) is 17.9. The van der Waals surface area contributed by atoms with Crippen molar-refractivity contribution in [3.8, 4) is 0 Å². The van der Waals surface area contributed by atoms with E-state index in [0.29, 0.717) is 0 Å². The summed E-state index contributed by atoms with van der Waals surface area (Å²) in [4.78, 5) is 5.10. The first-order valence-corrected chi connectivity index (χ1v) is 8.29. The number of para-hydroxylation sites is 1. The number of hydrogen-bond donors (Lipinski definition) is 0. The van der Waals surface area contributed by atoms with Crippen LogP contribution < -0.4 is 4.90 Å². The van der Waals surface area contributed by atoms with Gasteiger partial charge in [0, 0.05) is 16.8 Å². The molecule has 1 saturated carbocycles. The second-order valence-electron chi connectivity index (χ2n) is 5.84. The zero-order valence-electron chi connectivity index (χ0n) is 11.8. The standard InChI is InChI=1S/C18H19NS/c1-19-15-8-4-5-9-17(15)20-18-12-14(10-11-16(18)19)13-6-2-3-7-13/h4-5,8-13H,2-3,6-7H2,1H3. The van der Waals surface area contributed by atoms with E-state index < -0.39 is 0 Å². The lowest BCUT2D eigenvalue weighted by atomic mass is 9.97. The van der Waals surface area contributed by atoms with Crippen LogP contribution in [0.5, 0.6) is 0 Å². The molecule has 1 aliphatic carbocycles. The summed E-state index contributed by atoms with van der Waals surface area (Å²) in [6, 6.07) is 15.8. The van der Waals surface area contributed by atoms with Crippen molar-refractivity contribution in [1.29, 1.82) is 0 Å². The van der Waals surface area contributed by atoms with Crippen molar-refractivity contribution in [3.63, 3.8) is 0 Å². The molecule has 0 aromatic heterocycles. The average molecular weight is 281 g/mol. The second-order valence-corrected chi connectivity index (χ2v) is 6.92. The molecule has 0 spiro atoms. The maximum Gasteiger partial charge on any atom is 0.0550 e. The van der Waals surface area contributed by atoms with E-state index in [1.807, 2.05) is 11.8 Å². The van der Waals surface area contributed by atoms with Gasteiger partial charge in [-0.2, -0.15) is 0 Å². The largest absolute Gasteiger partial charge is 0.343 e. The fourth-order valence-corrected chi connectivity index (χ4v) is 4.67. The Kier molecular flexibility index (Phi) is 2.99. The Bertz CT molecular complexity index is 644. The topological polar surface area (TPSA) is 3.24 Å². The van der Waals surface area contributed by atoms with Crippen LogP contribution in [0, 0.1) is 0 Å². The van der Waals surface area contributed by atoms with Gasteiger partial charge < -0.3 is 4.90 Å². The number of hydrogen-bond acceptors (Lipinski definition) is 2. The number of anilines is 2. The van der Waals surface area contributed by atoms with Gasteiger partial charge in [0.1, 0.15) is 0 Å². The lowest BCUT2D eigenvalue weighted by Gasteiger charge is -2.30. The van der Waals surface area contributed by atoms with Crippen molar-refractivity contribution in [3.05, 3.63) is 48.0 Å². The van der Waals surface area contributed by atoms with Crippen molar-refractivity contribution in [2.75, 3.05) is 11.9 Å². The van der Waals surface area contributed by atoms with Crippen LogP contribution in [0.3, 0.4) is 0 Å². The van der Waals surface area contributed by atoms with Gasteiger partial charge in [-0.1, -0.05) is 42.8 Å². The molecule has 2 heteroatoms. The molecule has 2 aliphatic rings. The first-order chi connectivity index (χ1) is 9.83. The van der Waals surface area contributed by atoms with Gasteiger partial charge in [-0.05, 0) is 48.6 Å². The highest BCUT2D eigenvalue weighted by Gasteiger charge is 2.23. The molecule has 2 aromatic rings. The van der Waals surface area contributed by atoms with Crippen LogP contribution in [0.4, 0.5) is 11.4 Å². The fraction of sp³-hybridized carbons (Fsp3) is 0.333. The van der Waals surface area contributed by atoms with E-state index in [1.165, 1.54) is 46.8 Å². The molecule has 0 amide bonds. The lowest BCUT2D eigenvalue weighted by Crippen LogP contribution is -2.14. The second kappa shape index (κ2) is 4.85. The Balaban J connectivity index is 1.75. The molecule has 1 fully saturated rings. The molecular formula is C18H19NS. The number of benzene rings is 2. The quantitative estimate of drug-likeness (QED) is 0.671. The summed E-state index contributed by atoms with van der Waals surface area (Å²) in [5.74, 6) is 0.795. The summed E-state index contributed by atoms with van der Waals surface area (Å²) in [6.45, 7) is 0. The Labute approximate surface area is 125 Å². The highest BCUT2D eigenvalue weighted by atomic mass is 32.2. The maximum absolute atomic E-state index is 2.43. The third-order valence-corrected chi connectivity index (χ3v) is 5.73. The minimum Gasteiger partial charge on any atom is -0.343 e. The summed E-state index contributed by atoms with van der Waals surface area (Å²) in [6.07, 6.45) is 5.54. The maximum atomic E-state index is 2.43. The molecule has 2 aromatic carbocycles. The van der Waals surface area contributed by atoms with Crippen molar-refractivity contribution in [2.45, 2.75) is 41.4 Å². The predicted molar refractivity (Wildman–Crippen MR) is 86.3 cm³/mol. The molecule has 0 bridgehead atoms. The van der Waals surface area contributed by atoms with Crippen LogP contribution in [0.25, 0.3) is 0 Å². The molecule has 1 aliphatic heterocycles. The van der Waals surface area contributed by atoms with Gasteiger partial charge in [-0.25, -0.2) is 0 Å². The molecule has 102 valence electrons. The molecule has 4 rings (SSSR count). The van der Waals surface area contributed by atoms with Crippen LogP contribution in [0.15, 0.2) is 52.3 Å². The average Bonchev–Trinajstić information content (AvgIpc) is 3.01. The number of nitrogens with zero attached hydrogens (tertiary/aromatic N) is 1. The highest BCUT2D eigenvalue weighted by Crippen LogP contribution is 2.48. The van der Waals surface area contributed by atoms with Crippen LogP contribution in [0.1, 0.15) is 37.2 Å². The minimum atomic E-state index is 0.795. The lowest BCUT2D eigenvalue weighted by molar-refractivity contribution is 0.721. The third kappa shape index (κ3) is 1.94. The Hall–Kier alpha value is -1.41. The highest BCUT2D eigenvalue weighted by molar-refractivity contribution is 7.99. The third-order valence-electron chi connectivity index (χ3n) is 4.62. The summed E-state index contributed by atoms with van der Waals surface area (Å²) < 4.78 is 0. The first-order valence-electron chi connectivity index (χ1n) is 7.47. The fourth-order valence-electron chi connectivity index (χ4n) is 3.47. The molecule has 20 heavy (non-hydrogen) atoms. The van der Waals surface area contributed by atoms with Crippen LogP contribution in [-0.4, -0.2) is 7.05 Å². The van der Waals surface area contributed by atoms with Crippen molar-refractivity contribution < 1.29 is 0 Å². The van der Waals surface area contributed by atoms with Gasteiger partial charge in [-0.3, -0.25) is 0 Å². The molecule has 1 nitrogen and oxygen atoms in total. The SMILES string of the molecule is CN1c2ccccc2Sc2cc(C3CCCC3)ccc21. The summed E-state index contributed by atoms with van der Waals surface area (Å²) in [5, 5.41) is 0. The summed E-state index contributed by atoms with van der Waals surface area (Å²) in [7, 11) is 2.17. The van der Waals surface area contributed by atoms with Gasteiger partial charge in [0.2, 0.25) is 0 Å². The van der Waals surface area contributed by atoms with E-state index in [-0.39, 0.29) is 0 Å². The minimum absolute atomic E-state index is 0.795.